The van der Waals surface area contributed by atoms with Crippen LogP contribution in [-0.4, -0.2) is 45.8 Å². The molecule has 0 saturated carbocycles. The highest BCUT2D eigenvalue weighted by Crippen LogP contribution is 2.35. The zero-order valence-electron chi connectivity index (χ0n) is 18.6. The lowest BCUT2D eigenvalue weighted by Gasteiger charge is -2.15. The molecule has 4 aromatic rings. The van der Waals surface area contributed by atoms with Crippen molar-refractivity contribution in [3.8, 4) is 28.3 Å². The number of alkyl halides is 2. The molecule has 0 fully saturated rings. The molecule has 0 unspecified atom stereocenters. The number of nitrogens with zero attached hydrogens (tertiary/aromatic N) is 4. The average molecular weight is 454 g/mol. The maximum Gasteiger partial charge on any atom is 0.239 e. The molecule has 0 aliphatic rings. The smallest absolute Gasteiger partial charge is 0.239 e. The van der Waals surface area contributed by atoms with Crippen molar-refractivity contribution in [3.05, 3.63) is 54.6 Å². The van der Waals surface area contributed by atoms with E-state index in [1.165, 1.54) is 14.2 Å². The maximum absolute atomic E-state index is 12.6. The molecule has 2 aromatic heterocycles. The quantitative estimate of drug-likeness (QED) is 0.327. The fourth-order valence-corrected chi connectivity index (χ4v) is 3.76. The average Bonchev–Trinajstić information content (AvgIpc) is 3.48. The number of aryl methyl sites for hydroxylation is 1. The molecule has 0 amide bonds. The number of ketones is 1. The predicted octanol–water partition coefficient (Wildman–Crippen LogP) is 5.15. The van der Waals surface area contributed by atoms with Crippen molar-refractivity contribution >= 4 is 16.8 Å². The lowest BCUT2D eigenvalue weighted by atomic mass is 10.0. The topological polar surface area (TPSA) is 71.2 Å². The van der Waals surface area contributed by atoms with Crippen LogP contribution in [0.1, 0.15) is 30.1 Å². The number of carbonyl (C=O) groups excluding carboxylic acids is 1. The molecule has 9 heteroatoms. The van der Waals surface area contributed by atoms with Crippen molar-refractivity contribution in [3.63, 3.8) is 0 Å². The number of hydrogen-bond acceptors (Lipinski definition) is 5. The van der Waals surface area contributed by atoms with Crippen LogP contribution < -0.4 is 9.47 Å². The van der Waals surface area contributed by atoms with Crippen LogP contribution in [0, 0.1) is 0 Å². The van der Waals surface area contributed by atoms with E-state index >= 15 is 0 Å². The SMILES string of the molecule is CCn1cc(-c2ccc3c(c2)ncn3-c2cc(OC)c(C(=O)CCC(F)F)c(OC)c2)cn1. The number of methoxy groups -OCH3 is 2. The fraction of sp³-hybridized carbons (Fsp3) is 0.292. The van der Waals surface area contributed by atoms with Gasteiger partial charge >= 0.3 is 0 Å². The van der Waals surface area contributed by atoms with E-state index in [0.717, 1.165) is 28.7 Å². The molecule has 2 aromatic carbocycles. The number of benzene rings is 2. The second-order valence-corrected chi connectivity index (χ2v) is 7.48. The van der Waals surface area contributed by atoms with Gasteiger partial charge in [0.15, 0.2) is 5.78 Å². The first-order chi connectivity index (χ1) is 15.9. The van der Waals surface area contributed by atoms with Gasteiger partial charge in [0, 0.05) is 43.3 Å². The van der Waals surface area contributed by atoms with E-state index in [-0.39, 0.29) is 23.5 Å². The van der Waals surface area contributed by atoms with Crippen LogP contribution in [0.25, 0.3) is 27.8 Å². The van der Waals surface area contributed by atoms with Gasteiger partial charge in [-0.2, -0.15) is 5.10 Å². The second-order valence-electron chi connectivity index (χ2n) is 7.48. The third kappa shape index (κ3) is 4.44. The largest absolute Gasteiger partial charge is 0.496 e. The Morgan fingerprint density at radius 2 is 1.82 bits per heavy atom. The first-order valence-corrected chi connectivity index (χ1v) is 10.5. The third-order valence-corrected chi connectivity index (χ3v) is 5.48. The minimum Gasteiger partial charge on any atom is -0.496 e. The van der Waals surface area contributed by atoms with Crippen molar-refractivity contribution < 1.29 is 23.0 Å². The summed E-state index contributed by atoms with van der Waals surface area (Å²) in [7, 11) is 2.86. The number of Topliss-reactive ketones (excluding diaryl/α,β-unsaturated/α-hetero) is 1. The van der Waals surface area contributed by atoms with Gasteiger partial charge in [0.1, 0.15) is 23.4 Å². The molecule has 0 aliphatic carbocycles. The number of rotatable bonds is 9. The summed E-state index contributed by atoms with van der Waals surface area (Å²) < 4.78 is 39.8. The van der Waals surface area contributed by atoms with Crippen molar-refractivity contribution in [1.29, 1.82) is 0 Å². The third-order valence-electron chi connectivity index (χ3n) is 5.48. The summed E-state index contributed by atoms with van der Waals surface area (Å²) in [4.78, 5) is 17.1. The predicted molar refractivity (Wildman–Crippen MR) is 121 cm³/mol. The Balaban J connectivity index is 1.73. The van der Waals surface area contributed by atoms with Crippen LogP contribution in [0.3, 0.4) is 0 Å². The summed E-state index contributed by atoms with van der Waals surface area (Å²) in [5.41, 5.74) is 4.47. The summed E-state index contributed by atoms with van der Waals surface area (Å²) in [6.07, 6.45) is 2.12. The van der Waals surface area contributed by atoms with E-state index in [9.17, 15) is 13.6 Å². The Morgan fingerprint density at radius 1 is 1.09 bits per heavy atom. The minimum atomic E-state index is -2.55. The maximum atomic E-state index is 12.6. The van der Waals surface area contributed by atoms with Gasteiger partial charge in [-0.1, -0.05) is 6.07 Å². The molecular formula is C24H24F2N4O3. The molecule has 0 atom stereocenters. The molecule has 172 valence electrons. The van der Waals surface area contributed by atoms with E-state index in [4.69, 9.17) is 9.47 Å². The monoisotopic (exact) mass is 454 g/mol. The molecular weight excluding hydrogens is 430 g/mol. The van der Waals surface area contributed by atoms with Crippen molar-refractivity contribution in [1.82, 2.24) is 19.3 Å². The molecule has 0 spiro atoms. The van der Waals surface area contributed by atoms with Crippen molar-refractivity contribution in [2.45, 2.75) is 32.7 Å². The summed E-state index contributed by atoms with van der Waals surface area (Å²) >= 11 is 0. The highest BCUT2D eigenvalue weighted by molar-refractivity contribution is 6.02. The molecule has 4 rings (SSSR count). The summed E-state index contributed by atoms with van der Waals surface area (Å²) in [5.74, 6) is 0.0615. The van der Waals surface area contributed by atoms with Gasteiger partial charge in [-0.05, 0) is 24.6 Å². The Kier molecular flexibility index (Phi) is 6.39. The summed E-state index contributed by atoms with van der Waals surface area (Å²) in [5, 5.41) is 4.32. The van der Waals surface area contributed by atoms with E-state index in [1.807, 2.05) is 46.8 Å². The Labute approximate surface area is 189 Å². The van der Waals surface area contributed by atoms with Crippen LogP contribution in [-0.2, 0) is 6.54 Å². The number of fused-ring (bicyclic) bond motifs is 1. The fourth-order valence-electron chi connectivity index (χ4n) is 3.76. The minimum absolute atomic E-state index is 0.157. The van der Waals surface area contributed by atoms with Gasteiger partial charge in [-0.15, -0.1) is 0 Å². The van der Waals surface area contributed by atoms with E-state index in [0.29, 0.717) is 5.69 Å². The lowest BCUT2D eigenvalue weighted by Crippen LogP contribution is -2.08. The van der Waals surface area contributed by atoms with Crippen LogP contribution in [0.15, 0.2) is 49.1 Å². The van der Waals surface area contributed by atoms with Gasteiger partial charge in [0.25, 0.3) is 0 Å². The van der Waals surface area contributed by atoms with Crippen LogP contribution in [0.4, 0.5) is 8.78 Å². The van der Waals surface area contributed by atoms with Gasteiger partial charge < -0.3 is 9.47 Å². The number of carbonyl (C=O) groups is 1. The second kappa shape index (κ2) is 9.40. The first kappa shape index (κ1) is 22.4. The zero-order chi connectivity index (χ0) is 23.5. The highest BCUT2D eigenvalue weighted by Gasteiger charge is 2.22. The first-order valence-electron chi connectivity index (χ1n) is 10.5. The molecule has 0 N–H and O–H groups in total. The molecule has 0 aliphatic heterocycles. The summed E-state index contributed by atoms with van der Waals surface area (Å²) in [6, 6.07) is 9.30. The Hall–Kier alpha value is -3.75. The normalized spacial score (nSPS) is 11.3. The molecule has 0 bridgehead atoms. The Morgan fingerprint density at radius 3 is 2.42 bits per heavy atom. The number of ether oxygens (including phenoxy) is 2. The van der Waals surface area contributed by atoms with E-state index in [2.05, 4.69) is 10.1 Å². The molecule has 0 radical (unpaired) electrons. The van der Waals surface area contributed by atoms with Gasteiger partial charge in [0.2, 0.25) is 6.43 Å². The van der Waals surface area contributed by atoms with Gasteiger partial charge in [-0.3, -0.25) is 14.0 Å². The number of aromatic nitrogens is 4. The van der Waals surface area contributed by atoms with Crippen LogP contribution >= 0.6 is 0 Å². The highest BCUT2D eigenvalue weighted by atomic mass is 19.3. The number of hydrogen-bond donors (Lipinski definition) is 0. The van der Waals surface area contributed by atoms with Gasteiger partial charge in [0.05, 0.1) is 37.1 Å². The number of imidazole rings is 1. The van der Waals surface area contributed by atoms with Crippen molar-refractivity contribution in [2.75, 3.05) is 14.2 Å². The van der Waals surface area contributed by atoms with Gasteiger partial charge in [-0.25, -0.2) is 13.8 Å². The van der Waals surface area contributed by atoms with Crippen LogP contribution in [0.2, 0.25) is 0 Å². The molecule has 2 heterocycles. The number of halogens is 2. The van der Waals surface area contributed by atoms with E-state index in [1.54, 1.807) is 18.5 Å². The molecule has 33 heavy (non-hydrogen) atoms. The lowest BCUT2D eigenvalue weighted by molar-refractivity contribution is 0.0903. The molecule has 7 nitrogen and oxygen atoms in total. The molecule has 0 saturated heterocycles. The van der Waals surface area contributed by atoms with Crippen LogP contribution in [0.5, 0.6) is 11.5 Å². The van der Waals surface area contributed by atoms with Crippen molar-refractivity contribution in [2.24, 2.45) is 0 Å². The summed E-state index contributed by atoms with van der Waals surface area (Å²) in [6.45, 7) is 2.82. The zero-order valence-corrected chi connectivity index (χ0v) is 18.6. The van der Waals surface area contributed by atoms with E-state index < -0.39 is 18.6 Å². The standard InChI is InChI=1S/C24H24F2N4O3/c1-4-29-13-16(12-28-29)15-5-6-19-18(9-15)27-14-30(19)17-10-21(32-2)24(22(11-17)33-3)20(31)7-8-23(25)26/h5-6,9-14,23H,4,7-8H2,1-3H3. The Bertz CT molecular complexity index is 1270.